The predicted molar refractivity (Wildman–Crippen MR) is 100 cm³/mol. The maximum atomic E-state index is 12.5. The molecule has 0 spiro atoms. The Morgan fingerprint density at radius 3 is 2.77 bits per heavy atom. The highest BCUT2D eigenvalue weighted by Gasteiger charge is 2.35. The zero-order valence-corrected chi connectivity index (χ0v) is 15.1. The number of hydrogen-bond donors (Lipinski definition) is 1. The van der Waals surface area contributed by atoms with Gasteiger partial charge in [0.2, 0.25) is 11.8 Å². The third kappa shape index (κ3) is 4.02. The van der Waals surface area contributed by atoms with Crippen LogP contribution in [0.3, 0.4) is 0 Å². The molecule has 0 saturated carbocycles. The van der Waals surface area contributed by atoms with Gasteiger partial charge in [-0.1, -0.05) is 13.0 Å². The number of aromatic nitrogens is 1. The van der Waals surface area contributed by atoms with Crippen LogP contribution in [0.25, 0.3) is 0 Å². The molecule has 136 valence electrons. The zero-order chi connectivity index (χ0) is 18.5. The van der Waals surface area contributed by atoms with Crippen LogP contribution in [-0.4, -0.2) is 29.9 Å². The number of nitrogens with one attached hydrogen (secondary N) is 1. The van der Waals surface area contributed by atoms with Crippen LogP contribution in [-0.2, 0) is 9.59 Å². The number of aryl methyl sites for hydroxylation is 1. The quantitative estimate of drug-likeness (QED) is 0.866. The summed E-state index contributed by atoms with van der Waals surface area (Å²) < 4.78 is 5.56. The van der Waals surface area contributed by atoms with E-state index >= 15 is 0 Å². The lowest BCUT2D eigenvalue weighted by Gasteiger charge is -2.17. The highest BCUT2D eigenvalue weighted by atomic mass is 16.5. The van der Waals surface area contributed by atoms with E-state index in [-0.39, 0.29) is 24.2 Å². The van der Waals surface area contributed by atoms with Crippen LogP contribution in [0, 0.1) is 12.8 Å². The van der Waals surface area contributed by atoms with E-state index in [9.17, 15) is 9.59 Å². The van der Waals surface area contributed by atoms with Gasteiger partial charge in [0.05, 0.1) is 12.5 Å². The maximum Gasteiger partial charge on any atom is 0.230 e. The van der Waals surface area contributed by atoms with Gasteiger partial charge in [-0.2, -0.15) is 0 Å². The first kappa shape index (κ1) is 17.9. The first-order valence-electron chi connectivity index (χ1n) is 8.84. The molecule has 1 saturated heterocycles. The van der Waals surface area contributed by atoms with E-state index < -0.39 is 0 Å². The van der Waals surface area contributed by atoms with Gasteiger partial charge in [-0.3, -0.25) is 9.59 Å². The Morgan fingerprint density at radius 1 is 1.31 bits per heavy atom. The molecule has 1 aromatic heterocycles. The van der Waals surface area contributed by atoms with Gasteiger partial charge in [0.1, 0.15) is 11.6 Å². The number of anilines is 2. The van der Waals surface area contributed by atoms with Crippen LogP contribution in [0.5, 0.6) is 5.75 Å². The minimum Gasteiger partial charge on any atom is -0.494 e. The van der Waals surface area contributed by atoms with Crippen LogP contribution >= 0.6 is 0 Å². The fourth-order valence-electron chi connectivity index (χ4n) is 2.91. The van der Waals surface area contributed by atoms with Crippen molar-refractivity contribution in [1.29, 1.82) is 0 Å². The molecule has 1 fully saturated rings. The molecule has 0 unspecified atom stereocenters. The molecule has 2 heterocycles. The van der Waals surface area contributed by atoms with Gasteiger partial charge < -0.3 is 15.0 Å². The molecule has 6 nitrogen and oxygen atoms in total. The molecule has 1 aliphatic heterocycles. The van der Waals surface area contributed by atoms with Crippen LogP contribution < -0.4 is 15.0 Å². The van der Waals surface area contributed by atoms with E-state index in [1.54, 1.807) is 11.1 Å². The van der Waals surface area contributed by atoms with E-state index in [0.29, 0.717) is 19.0 Å². The molecule has 2 aromatic rings. The third-order valence-electron chi connectivity index (χ3n) is 4.37. The number of nitrogens with zero attached hydrogens (tertiary/aromatic N) is 2. The van der Waals surface area contributed by atoms with E-state index in [1.807, 2.05) is 43.3 Å². The van der Waals surface area contributed by atoms with Crippen LogP contribution in [0.4, 0.5) is 11.5 Å². The van der Waals surface area contributed by atoms with Gasteiger partial charge in [-0.05, 0) is 49.2 Å². The fourth-order valence-corrected chi connectivity index (χ4v) is 2.91. The minimum atomic E-state index is -0.389. The van der Waals surface area contributed by atoms with Crippen molar-refractivity contribution in [2.45, 2.75) is 26.7 Å². The first-order valence-corrected chi connectivity index (χ1v) is 8.84. The SMILES string of the molecule is CCCOc1ccc(N2C[C@H](C(=O)Nc3ncccc3C)CC2=O)cc1. The fraction of sp³-hybridized carbons (Fsp3) is 0.350. The largest absolute Gasteiger partial charge is 0.494 e. The van der Waals surface area contributed by atoms with Crippen molar-refractivity contribution in [2.24, 2.45) is 5.92 Å². The summed E-state index contributed by atoms with van der Waals surface area (Å²) in [6.07, 6.45) is 2.78. The number of carbonyl (C=O) groups excluding carboxylic acids is 2. The minimum absolute atomic E-state index is 0.0508. The highest BCUT2D eigenvalue weighted by molar-refractivity contribution is 6.03. The highest BCUT2D eigenvalue weighted by Crippen LogP contribution is 2.27. The molecule has 3 rings (SSSR count). The third-order valence-corrected chi connectivity index (χ3v) is 4.37. The van der Waals surface area contributed by atoms with E-state index in [4.69, 9.17) is 4.74 Å². The summed E-state index contributed by atoms with van der Waals surface area (Å²) in [6.45, 7) is 4.97. The van der Waals surface area contributed by atoms with Crippen LogP contribution in [0.15, 0.2) is 42.6 Å². The van der Waals surface area contributed by atoms with Crippen LogP contribution in [0.1, 0.15) is 25.3 Å². The molecule has 2 amide bonds. The maximum absolute atomic E-state index is 12.5. The van der Waals surface area contributed by atoms with Gasteiger partial charge in [-0.15, -0.1) is 0 Å². The lowest BCUT2D eigenvalue weighted by atomic mass is 10.1. The first-order chi connectivity index (χ1) is 12.6. The van der Waals surface area contributed by atoms with Gasteiger partial charge in [-0.25, -0.2) is 4.98 Å². The molecule has 0 bridgehead atoms. The lowest BCUT2D eigenvalue weighted by molar-refractivity contribution is -0.122. The smallest absolute Gasteiger partial charge is 0.230 e. The van der Waals surface area contributed by atoms with E-state index in [2.05, 4.69) is 17.2 Å². The number of amides is 2. The molecule has 0 aliphatic carbocycles. The second-order valence-corrected chi connectivity index (χ2v) is 6.41. The molecule has 26 heavy (non-hydrogen) atoms. The monoisotopic (exact) mass is 353 g/mol. The molecule has 6 heteroatoms. The number of rotatable bonds is 6. The Bertz CT molecular complexity index is 789. The number of pyridine rings is 1. The predicted octanol–water partition coefficient (Wildman–Crippen LogP) is 3.17. The molecule has 1 aromatic carbocycles. The summed E-state index contributed by atoms with van der Waals surface area (Å²) in [6, 6.07) is 11.1. The summed E-state index contributed by atoms with van der Waals surface area (Å²) in [5.74, 6) is 0.707. The number of ether oxygens (including phenoxy) is 1. The summed E-state index contributed by atoms with van der Waals surface area (Å²) in [5, 5.41) is 2.83. The molecular formula is C20H23N3O3. The van der Waals surface area contributed by atoms with E-state index in [0.717, 1.165) is 23.4 Å². The normalized spacial score (nSPS) is 16.6. The number of carbonyl (C=O) groups is 2. The molecular weight excluding hydrogens is 330 g/mol. The summed E-state index contributed by atoms with van der Waals surface area (Å²) in [7, 11) is 0. The number of hydrogen-bond acceptors (Lipinski definition) is 4. The van der Waals surface area contributed by atoms with Crippen molar-refractivity contribution in [2.75, 3.05) is 23.4 Å². The standard InChI is InChI=1S/C20H23N3O3/c1-3-11-26-17-8-6-16(7-9-17)23-13-15(12-18(23)24)20(25)22-19-14(2)5-4-10-21-19/h4-10,15H,3,11-13H2,1-2H3,(H,21,22,25)/t15-/m1/s1. The van der Waals surface area contributed by atoms with Crippen molar-refractivity contribution in [3.8, 4) is 5.75 Å². The van der Waals surface area contributed by atoms with Gasteiger partial charge >= 0.3 is 0 Å². The average molecular weight is 353 g/mol. The van der Waals surface area contributed by atoms with Crippen molar-refractivity contribution < 1.29 is 14.3 Å². The Hall–Kier alpha value is -2.89. The van der Waals surface area contributed by atoms with Gasteiger partial charge in [0.15, 0.2) is 0 Å². The second kappa shape index (κ2) is 7.99. The Labute approximate surface area is 153 Å². The van der Waals surface area contributed by atoms with Gasteiger partial charge in [0.25, 0.3) is 0 Å². The second-order valence-electron chi connectivity index (χ2n) is 6.41. The van der Waals surface area contributed by atoms with Crippen molar-refractivity contribution in [1.82, 2.24) is 4.98 Å². The number of benzene rings is 1. The van der Waals surface area contributed by atoms with Gasteiger partial charge in [0, 0.05) is 24.8 Å². The van der Waals surface area contributed by atoms with Crippen molar-refractivity contribution in [3.63, 3.8) is 0 Å². The van der Waals surface area contributed by atoms with Crippen molar-refractivity contribution >= 4 is 23.3 Å². The Kier molecular flexibility index (Phi) is 5.51. The Balaban J connectivity index is 1.64. The molecule has 1 aliphatic rings. The van der Waals surface area contributed by atoms with Crippen molar-refractivity contribution in [3.05, 3.63) is 48.2 Å². The summed E-state index contributed by atoms with van der Waals surface area (Å²) in [5.41, 5.74) is 1.67. The Morgan fingerprint density at radius 2 is 2.08 bits per heavy atom. The molecule has 0 radical (unpaired) electrons. The average Bonchev–Trinajstić information content (AvgIpc) is 3.04. The zero-order valence-electron chi connectivity index (χ0n) is 15.1. The van der Waals surface area contributed by atoms with E-state index in [1.165, 1.54) is 0 Å². The topological polar surface area (TPSA) is 71.5 Å². The molecule has 1 N–H and O–H groups in total. The molecule has 1 atom stereocenters. The van der Waals surface area contributed by atoms with Crippen LogP contribution in [0.2, 0.25) is 0 Å². The lowest BCUT2D eigenvalue weighted by Crippen LogP contribution is -2.28. The summed E-state index contributed by atoms with van der Waals surface area (Å²) in [4.78, 5) is 30.7. The summed E-state index contributed by atoms with van der Waals surface area (Å²) >= 11 is 0.